The van der Waals surface area contributed by atoms with Gasteiger partial charge in [0.1, 0.15) is 13.2 Å². The summed E-state index contributed by atoms with van der Waals surface area (Å²) in [5, 5.41) is 15.4. The van der Waals surface area contributed by atoms with Crippen LogP contribution in [0.15, 0.2) is 0 Å². The second kappa shape index (κ2) is 4.74. The van der Waals surface area contributed by atoms with Crippen LogP contribution in [0, 0.1) is 0 Å². The first-order valence-corrected chi connectivity index (χ1v) is 5.00. The van der Waals surface area contributed by atoms with Crippen LogP contribution in [0.3, 0.4) is 0 Å². The van der Waals surface area contributed by atoms with Crippen molar-refractivity contribution >= 4 is 5.91 Å². The summed E-state index contributed by atoms with van der Waals surface area (Å²) in [5.41, 5.74) is 5.19. The van der Waals surface area contributed by atoms with E-state index >= 15 is 0 Å². The van der Waals surface area contributed by atoms with Crippen LogP contribution in [0.2, 0.25) is 0 Å². The third-order valence-corrected chi connectivity index (χ3v) is 2.17. The first kappa shape index (κ1) is 13.5. The van der Waals surface area contributed by atoms with Crippen molar-refractivity contribution < 1.29 is 18.7 Å². The molecule has 96 valence electrons. The first-order chi connectivity index (χ1) is 7.78. The van der Waals surface area contributed by atoms with Gasteiger partial charge < -0.3 is 10.8 Å². The van der Waals surface area contributed by atoms with Gasteiger partial charge in [0.15, 0.2) is 5.69 Å². The number of carbonyl (C=O) groups is 1. The van der Waals surface area contributed by atoms with E-state index in [0.717, 1.165) is 4.68 Å². The van der Waals surface area contributed by atoms with Gasteiger partial charge in [0.25, 0.3) is 11.8 Å². The fourth-order valence-electron chi connectivity index (χ4n) is 1.45. The Kier molecular flexibility index (Phi) is 3.76. The van der Waals surface area contributed by atoms with Crippen molar-refractivity contribution in [2.24, 2.45) is 5.73 Å². The first-order valence-electron chi connectivity index (χ1n) is 5.00. The number of hydrogen-bond donors (Lipinski definition) is 2. The Morgan fingerprint density at radius 2 is 2.18 bits per heavy atom. The highest BCUT2D eigenvalue weighted by molar-refractivity contribution is 5.91. The van der Waals surface area contributed by atoms with Crippen LogP contribution in [0.25, 0.3) is 0 Å². The summed E-state index contributed by atoms with van der Waals surface area (Å²) in [6, 6.07) is 0. The van der Waals surface area contributed by atoms with Gasteiger partial charge in [-0.1, -0.05) is 19.1 Å². The number of aliphatic hydroxyl groups excluding tert-OH is 1. The quantitative estimate of drug-likeness (QED) is 0.774. The number of aliphatic hydroxyl groups is 1. The highest BCUT2D eigenvalue weighted by Gasteiger charge is 2.32. The van der Waals surface area contributed by atoms with Crippen molar-refractivity contribution in [3.05, 3.63) is 11.4 Å². The van der Waals surface area contributed by atoms with Crippen molar-refractivity contribution in [2.75, 3.05) is 6.61 Å². The van der Waals surface area contributed by atoms with Gasteiger partial charge in [-0.25, -0.2) is 13.5 Å². The van der Waals surface area contributed by atoms with Gasteiger partial charge in [0, 0.05) is 0 Å². The standard InChI is InChI=1S/C9H14F2N4O2/c1-5(2)7-6(8(12)17)13-14-15(7)3-9(10,11)4-16/h5,16H,3-4H2,1-2H3,(H2,12,17). The summed E-state index contributed by atoms with van der Waals surface area (Å²) in [6.45, 7) is 1.28. The number of hydrogen-bond acceptors (Lipinski definition) is 4. The van der Waals surface area contributed by atoms with Gasteiger partial charge in [-0.2, -0.15) is 0 Å². The predicted octanol–water partition coefficient (Wildman–Crippen LogP) is 0.128. The smallest absolute Gasteiger partial charge is 0.289 e. The fraction of sp³-hybridized carbons (Fsp3) is 0.667. The van der Waals surface area contributed by atoms with Crippen molar-refractivity contribution in [1.29, 1.82) is 0 Å². The van der Waals surface area contributed by atoms with Crippen molar-refractivity contribution in [2.45, 2.75) is 32.2 Å². The van der Waals surface area contributed by atoms with Gasteiger partial charge in [0.2, 0.25) is 0 Å². The Morgan fingerprint density at radius 1 is 1.59 bits per heavy atom. The topological polar surface area (TPSA) is 94.0 Å². The molecule has 3 N–H and O–H groups in total. The molecule has 8 heteroatoms. The van der Waals surface area contributed by atoms with E-state index in [0.29, 0.717) is 0 Å². The molecule has 0 saturated carbocycles. The Morgan fingerprint density at radius 3 is 2.59 bits per heavy atom. The number of halogens is 2. The SMILES string of the molecule is CC(C)c1c(C(N)=O)nnn1CC(F)(F)CO. The van der Waals surface area contributed by atoms with Crippen LogP contribution in [-0.4, -0.2) is 38.5 Å². The predicted molar refractivity (Wildman–Crippen MR) is 54.7 cm³/mol. The monoisotopic (exact) mass is 248 g/mol. The zero-order valence-corrected chi connectivity index (χ0v) is 9.52. The summed E-state index contributed by atoms with van der Waals surface area (Å²) in [4.78, 5) is 11.0. The van der Waals surface area contributed by atoms with Crippen LogP contribution in [0.4, 0.5) is 8.78 Å². The molecule has 0 unspecified atom stereocenters. The molecule has 0 atom stereocenters. The van der Waals surface area contributed by atoms with Crippen molar-refractivity contribution in [3.8, 4) is 0 Å². The van der Waals surface area contributed by atoms with Crippen LogP contribution in [0.1, 0.15) is 35.9 Å². The number of nitrogens with two attached hydrogens (primary N) is 1. The lowest BCUT2D eigenvalue weighted by atomic mass is 10.1. The summed E-state index contributed by atoms with van der Waals surface area (Å²) in [6.07, 6.45) is 0. The minimum atomic E-state index is -3.31. The Labute approximate surface area is 96.4 Å². The highest BCUT2D eigenvalue weighted by atomic mass is 19.3. The van der Waals surface area contributed by atoms with Gasteiger partial charge in [0.05, 0.1) is 5.69 Å². The number of rotatable bonds is 5. The third kappa shape index (κ3) is 2.96. The van der Waals surface area contributed by atoms with Crippen LogP contribution >= 0.6 is 0 Å². The largest absolute Gasteiger partial charge is 0.390 e. The molecule has 0 aliphatic carbocycles. The molecule has 0 aliphatic rings. The molecule has 1 aromatic heterocycles. The maximum absolute atomic E-state index is 13.0. The van der Waals surface area contributed by atoms with Gasteiger partial charge in [-0.3, -0.25) is 4.79 Å². The van der Waals surface area contributed by atoms with E-state index in [4.69, 9.17) is 10.8 Å². The zero-order valence-electron chi connectivity index (χ0n) is 9.52. The molecule has 0 saturated heterocycles. The van der Waals surface area contributed by atoms with E-state index in [1.54, 1.807) is 13.8 Å². The van der Waals surface area contributed by atoms with E-state index in [9.17, 15) is 13.6 Å². The molecule has 0 bridgehead atoms. The molecule has 17 heavy (non-hydrogen) atoms. The third-order valence-electron chi connectivity index (χ3n) is 2.17. The van der Waals surface area contributed by atoms with Crippen LogP contribution in [0.5, 0.6) is 0 Å². The summed E-state index contributed by atoms with van der Waals surface area (Å²) >= 11 is 0. The molecule has 0 aromatic carbocycles. The molecule has 1 rings (SSSR count). The van der Waals surface area contributed by atoms with Gasteiger partial charge in [-0.15, -0.1) is 5.10 Å². The van der Waals surface area contributed by atoms with E-state index in [2.05, 4.69) is 10.3 Å². The number of carbonyl (C=O) groups excluding carboxylic acids is 1. The summed E-state index contributed by atoms with van der Waals surface area (Å²) < 4.78 is 27.0. The Balaban J connectivity index is 3.13. The zero-order chi connectivity index (χ0) is 13.2. The van der Waals surface area contributed by atoms with Crippen molar-refractivity contribution in [1.82, 2.24) is 15.0 Å². The Hall–Kier alpha value is -1.57. The minimum absolute atomic E-state index is 0.117. The highest BCUT2D eigenvalue weighted by Crippen LogP contribution is 2.21. The molecule has 1 heterocycles. The maximum atomic E-state index is 13.0. The maximum Gasteiger partial charge on any atom is 0.289 e. The number of alkyl halides is 2. The number of aromatic nitrogens is 3. The average molecular weight is 248 g/mol. The van der Waals surface area contributed by atoms with Gasteiger partial charge in [-0.05, 0) is 5.92 Å². The van der Waals surface area contributed by atoms with Crippen LogP contribution < -0.4 is 5.73 Å². The molecule has 0 fully saturated rings. The lowest BCUT2D eigenvalue weighted by molar-refractivity contribution is -0.0661. The lowest BCUT2D eigenvalue weighted by Gasteiger charge is -2.16. The molecular weight excluding hydrogens is 234 g/mol. The number of amides is 1. The van der Waals surface area contributed by atoms with Crippen LogP contribution in [-0.2, 0) is 6.54 Å². The van der Waals surface area contributed by atoms with Gasteiger partial charge >= 0.3 is 0 Å². The molecule has 6 nitrogen and oxygen atoms in total. The molecular formula is C9H14F2N4O2. The molecule has 0 spiro atoms. The van der Waals surface area contributed by atoms with E-state index in [1.807, 2.05) is 0 Å². The minimum Gasteiger partial charge on any atom is -0.390 e. The van der Waals surface area contributed by atoms with Crippen molar-refractivity contribution in [3.63, 3.8) is 0 Å². The molecule has 1 amide bonds. The second-order valence-corrected chi connectivity index (χ2v) is 4.01. The number of primary amides is 1. The molecule has 0 radical (unpaired) electrons. The summed E-state index contributed by atoms with van der Waals surface area (Å²) in [5.74, 6) is -4.36. The average Bonchev–Trinajstić information content (AvgIpc) is 2.60. The molecule has 0 aliphatic heterocycles. The normalized spacial score (nSPS) is 12.1. The Bertz CT molecular complexity index is 417. The van der Waals surface area contributed by atoms with E-state index < -0.39 is 25.0 Å². The lowest BCUT2D eigenvalue weighted by Crippen LogP contribution is -2.30. The number of nitrogens with zero attached hydrogens (tertiary/aromatic N) is 3. The van der Waals surface area contributed by atoms with E-state index in [1.165, 1.54) is 0 Å². The molecule has 1 aromatic rings. The fourth-order valence-corrected chi connectivity index (χ4v) is 1.45. The van der Waals surface area contributed by atoms with E-state index in [-0.39, 0.29) is 17.3 Å². The second-order valence-electron chi connectivity index (χ2n) is 4.01. The summed E-state index contributed by atoms with van der Waals surface area (Å²) in [7, 11) is 0.